The Morgan fingerprint density at radius 2 is 2.21 bits per heavy atom. The third kappa shape index (κ3) is 2.70. The Kier molecular flexibility index (Phi) is 3.75. The van der Waals surface area contributed by atoms with Crippen molar-refractivity contribution in [2.24, 2.45) is 0 Å². The van der Waals surface area contributed by atoms with Crippen LogP contribution < -0.4 is 4.90 Å². The molecule has 2 rings (SSSR count). The molecule has 1 N–H and O–H groups in total. The maximum atomic E-state index is 13.6. The van der Waals surface area contributed by atoms with Gasteiger partial charge in [-0.05, 0) is 25.1 Å². The van der Waals surface area contributed by atoms with Crippen LogP contribution >= 0.6 is 0 Å². The minimum Gasteiger partial charge on any atom is -0.508 e. The van der Waals surface area contributed by atoms with E-state index in [1.165, 1.54) is 29.3 Å². The summed E-state index contributed by atoms with van der Waals surface area (Å²) in [7, 11) is 0. The second-order valence-electron chi connectivity index (χ2n) is 3.92. The molecule has 0 saturated carbocycles. The summed E-state index contributed by atoms with van der Waals surface area (Å²) in [5.41, 5.74) is 0.476. The fraction of sp³-hybridized carbons (Fsp3) is 0.143. The molecular weight excluding hydrogens is 247 g/mol. The highest BCUT2D eigenvalue weighted by Crippen LogP contribution is 2.22. The monoisotopic (exact) mass is 260 g/mol. The van der Waals surface area contributed by atoms with Crippen LogP contribution in [0.2, 0.25) is 0 Å². The van der Waals surface area contributed by atoms with Crippen molar-refractivity contribution in [3.05, 3.63) is 54.1 Å². The molecule has 1 heterocycles. The van der Waals surface area contributed by atoms with E-state index >= 15 is 0 Å². The normalized spacial score (nSPS) is 10.2. The molecule has 19 heavy (non-hydrogen) atoms. The molecule has 1 aromatic carbocycles. The first-order valence-electron chi connectivity index (χ1n) is 5.84. The van der Waals surface area contributed by atoms with Gasteiger partial charge in [0.1, 0.15) is 5.75 Å². The van der Waals surface area contributed by atoms with Gasteiger partial charge < -0.3 is 10.0 Å². The standard InChI is InChI=1S/C14H13FN2O2/c1-2-17(10-4-3-5-11(18)8-10)14(19)12-6-7-16-9-13(12)15/h3-9,18H,2H2,1H3. The Labute approximate surface area is 110 Å². The summed E-state index contributed by atoms with van der Waals surface area (Å²) in [5, 5.41) is 9.44. The highest BCUT2D eigenvalue weighted by molar-refractivity contribution is 6.06. The molecule has 1 amide bonds. The average Bonchev–Trinajstić information content (AvgIpc) is 2.40. The highest BCUT2D eigenvalue weighted by Gasteiger charge is 2.19. The number of amides is 1. The van der Waals surface area contributed by atoms with E-state index in [0.29, 0.717) is 12.2 Å². The highest BCUT2D eigenvalue weighted by atomic mass is 19.1. The average molecular weight is 260 g/mol. The van der Waals surface area contributed by atoms with E-state index in [1.54, 1.807) is 19.1 Å². The number of hydrogen-bond donors (Lipinski definition) is 1. The summed E-state index contributed by atoms with van der Waals surface area (Å²) in [6.45, 7) is 2.14. The number of halogens is 1. The minimum atomic E-state index is -0.661. The van der Waals surface area contributed by atoms with Gasteiger partial charge in [0.05, 0.1) is 11.8 Å². The van der Waals surface area contributed by atoms with Gasteiger partial charge in [0.2, 0.25) is 0 Å². The number of anilines is 1. The Morgan fingerprint density at radius 3 is 2.84 bits per heavy atom. The van der Waals surface area contributed by atoms with Crippen molar-refractivity contribution in [2.75, 3.05) is 11.4 Å². The topological polar surface area (TPSA) is 53.4 Å². The summed E-state index contributed by atoms with van der Waals surface area (Å²) in [5.74, 6) is -1.07. The van der Waals surface area contributed by atoms with E-state index in [0.717, 1.165) is 6.20 Å². The van der Waals surface area contributed by atoms with Gasteiger partial charge in [-0.1, -0.05) is 6.07 Å². The maximum absolute atomic E-state index is 13.6. The van der Waals surface area contributed by atoms with Crippen molar-refractivity contribution in [2.45, 2.75) is 6.92 Å². The number of pyridine rings is 1. The summed E-state index contributed by atoms with van der Waals surface area (Å²) in [6, 6.07) is 7.61. The van der Waals surface area contributed by atoms with Crippen LogP contribution in [0.5, 0.6) is 5.75 Å². The number of phenols is 1. The van der Waals surface area contributed by atoms with Crippen LogP contribution in [0.3, 0.4) is 0 Å². The Morgan fingerprint density at radius 1 is 1.42 bits per heavy atom. The number of aromatic nitrogens is 1. The number of aromatic hydroxyl groups is 1. The molecule has 0 aliphatic heterocycles. The van der Waals surface area contributed by atoms with E-state index < -0.39 is 11.7 Å². The fourth-order valence-corrected chi connectivity index (χ4v) is 1.80. The number of rotatable bonds is 3. The largest absolute Gasteiger partial charge is 0.508 e. The van der Waals surface area contributed by atoms with Crippen LogP contribution in [0.1, 0.15) is 17.3 Å². The van der Waals surface area contributed by atoms with Gasteiger partial charge in [0.25, 0.3) is 5.91 Å². The first-order valence-corrected chi connectivity index (χ1v) is 5.84. The first-order chi connectivity index (χ1) is 9.13. The van der Waals surface area contributed by atoms with Gasteiger partial charge in [0.15, 0.2) is 5.82 Å². The first kappa shape index (κ1) is 13.0. The zero-order chi connectivity index (χ0) is 13.8. The Hall–Kier alpha value is -2.43. The Bertz CT molecular complexity index is 602. The summed E-state index contributed by atoms with van der Waals surface area (Å²) in [6.07, 6.45) is 2.37. The zero-order valence-corrected chi connectivity index (χ0v) is 10.4. The number of benzene rings is 1. The molecule has 4 nitrogen and oxygen atoms in total. The lowest BCUT2D eigenvalue weighted by Crippen LogP contribution is -2.31. The van der Waals surface area contributed by atoms with Crippen molar-refractivity contribution < 1.29 is 14.3 Å². The van der Waals surface area contributed by atoms with Crippen molar-refractivity contribution in [3.63, 3.8) is 0 Å². The predicted octanol–water partition coefficient (Wildman–Crippen LogP) is 2.59. The molecule has 2 aromatic rings. The maximum Gasteiger partial charge on any atom is 0.261 e. The molecule has 5 heteroatoms. The smallest absolute Gasteiger partial charge is 0.261 e. The molecule has 0 fully saturated rings. The van der Waals surface area contributed by atoms with Crippen LogP contribution in [0.4, 0.5) is 10.1 Å². The third-order valence-electron chi connectivity index (χ3n) is 2.71. The number of nitrogens with zero attached hydrogens (tertiary/aromatic N) is 2. The minimum absolute atomic E-state index is 0.0415. The van der Waals surface area contributed by atoms with Gasteiger partial charge in [-0.3, -0.25) is 9.78 Å². The van der Waals surface area contributed by atoms with Gasteiger partial charge >= 0.3 is 0 Å². The number of carbonyl (C=O) groups is 1. The predicted molar refractivity (Wildman–Crippen MR) is 69.7 cm³/mol. The molecule has 0 atom stereocenters. The van der Waals surface area contributed by atoms with Crippen molar-refractivity contribution in [1.29, 1.82) is 0 Å². The van der Waals surface area contributed by atoms with Gasteiger partial charge in [-0.15, -0.1) is 0 Å². The molecule has 0 bridgehead atoms. The number of phenolic OH excluding ortho intramolecular Hbond substituents is 1. The van der Waals surface area contributed by atoms with Crippen molar-refractivity contribution in [1.82, 2.24) is 4.98 Å². The lowest BCUT2D eigenvalue weighted by Gasteiger charge is -2.21. The van der Waals surface area contributed by atoms with Gasteiger partial charge in [0, 0.05) is 24.5 Å². The van der Waals surface area contributed by atoms with Crippen molar-refractivity contribution in [3.8, 4) is 5.75 Å². The van der Waals surface area contributed by atoms with Crippen molar-refractivity contribution >= 4 is 11.6 Å². The summed E-state index contributed by atoms with van der Waals surface area (Å²) in [4.78, 5) is 17.3. The SMILES string of the molecule is CCN(C(=O)c1ccncc1F)c1cccc(O)c1. The van der Waals surface area contributed by atoms with Gasteiger partial charge in [-0.2, -0.15) is 0 Å². The molecule has 1 aromatic heterocycles. The quantitative estimate of drug-likeness (QED) is 0.922. The van der Waals surface area contributed by atoms with E-state index in [2.05, 4.69) is 4.98 Å². The zero-order valence-electron chi connectivity index (χ0n) is 10.4. The van der Waals surface area contributed by atoms with E-state index in [9.17, 15) is 14.3 Å². The molecule has 0 saturated heterocycles. The molecule has 0 radical (unpaired) electrons. The molecular formula is C14H13FN2O2. The lowest BCUT2D eigenvalue weighted by atomic mass is 10.2. The Balaban J connectivity index is 2.38. The van der Waals surface area contributed by atoms with Crippen LogP contribution in [-0.2, 0) is 0 Å². The van der Waals surface area contributed by atoms with E-state index in [1.807, 2.05) is 0 Å². The molecule has 0 aliphatic rings. The van der Waals surface area contributed by atoms with Gasteiger partial charge in [-0.25, -0.2) is 4.39 Å². The second-order valence-corrected chi connectivity index (χ2v) is 3.92. The van der Waals surface area contributed by atoms with Crippen LogP contribution in [0, 0.1) is 5.82 Å². The second kappa shape index (κ2) is 5.48. The molecule has 98 valence electrons. The number of carbonyl (C=O) groups excluding carboxylic acids is 1. The van der Waals surface area contributed by atoms with Crippen LogP contribution in [0.15, 0.2) is 42.7 Å². The van der Waals surface area contributed by atoms with Crippen LogP contribution in [0.25, 0.3) is 0 Å². The fourth-order valence-electron chi connectivity index (χ4n) is 1.80. The van der Waals surface area contributed by atoms with Crippen LogP contribution in [-0.4, -0.2) is 22.5 Å². The molecule has 0 aliphatic carbocycles. The summed E-state index contributed by atoms with van der Waals surface area (Å²) >= 11 is 0. The number of hydrogen-bond acceptors (Lipinski definition) is 3. The van der Waals surface area contributed by atoms with E-state index in [4.69, 9.17) is 0 Å². The molecule has 0 spiro atoms. The summed E-state index contributed by atoms with van der Waals surface area (Å²) < 4.78 is 13.6. The third-order valence-corrected chi connectivity index (χ3v) is 2.71. The molecule has 0 unspecified atom stereocenters. The lowest BCUT2D eigenvalue weighted by molar-refractivity contribution is 0.0984. The van der Waals surface area contributed by atoms with E-state index in [-0.39, 0.29) is 11.3 Å².